The minimum absolute atomic E-state index is 0.0759. The van der Waals surface area contributed by atoms with Gasteiger partial charge in [-0.2, -0.15) is 0 Å². The maximum atomic E-state index is 13.0. The summed E-state index contributed by atoms with van der Waals surface area (Å²) in [5, 5.41) is 5.68. The summed E-state index contributed by atoms with van der Waals surface area (Å²) >= 11 is 6.03. The predicted molar refractivity (Wildman–Crippen MR) is 253 cm³/mol. The van der Waals surface area contributed by atoms with Gasteiger partial charge in [-0.1, -0.05) is 88.8 Å². The molecule has 0 atom stereocenters. The summed E-state index contributed by atoms with van der Waals surface area (Å²) in [5.41, 5.74) is 13.2. The minimum Gasteiger partial charge on any atom is -0.367 e. The second-order valence-corrected chi connectivity index (χ2v) is 17.3. The number of fused-ring (bicyclic) bond motifs is 1. The van der Waals surface area contributed by atoms with E-state index >= 15 is 0 Å². The van der Waals surface area contributed by atoms with E-state index in [1.54, 1.807) is 0 Å². The molecule has 7 rings (SSSR count). The van der Waals surface area contributed by atoms with Gasteiger partial charge in [0.1, 0.15) is 23.3 Å². The van der Waals surface area contributed by atoms with E-state index in [0.29, 0.717) is 23.5 Å². The second kappa shape index (κ2) is 19.3. The van der Waals surface area contributed by atoms with Gasteiger partial charge in [-0.05, 0) is 116 Å². The smallest absolute Gasteiger partial charge is 0.180 e. The lowest BCUT2D eigenvalue weighted by molar-refractivity contribution is 0.102. The summed E-state index contributed by atoms with van der Waals surface area (Å²) in [6, 6.07) is 13.9. The van der Waals surface area contributed by atoms with Crippen LogP contribution in [0, 0.1) is 55.4 Å². The third-order valence-electron chi connectivity index (χ3n) is 12.2. The maximum absolute atomic E-state index is 13.0. The minimum atomic E-state index is -0.106. The van der Waals surface area contributed by atoms with Crippen molar-refractivity contribution in [3.05, 3.63) is 92.8 Å². The zero-order chi connectivity index (χ0) is 43.4. The van der Waals surface area contributed by atoms with E-state index < -0.39 is 0 Å². The van der Waals surface area contributed by atoms with Crippen LogP contribution in [-0.4, -0.2) is 59.4 Å². The summed E-state index contributed by atoms with van der Waals surface area (Å²) in [5.74, 6) is 3.25. The third kappa shape index (κ3) is 8.83. The van der Waals surface area contributed by atoms with E-state index in [9.17, 15) is 4.79 Å². The number of rotatable bonds is 15. The number of benzene rings is 2. The van der Waals surface area contributed by atoms with E-state index in [0.717, 1.165) is 89.7 Å². The van der Waals surface area contributed by atoms with Crippen LogP contribution in [0.25, 0.3) is 33.4 Å². The van der Waals surface area contributed by atoms with Crippen molar-refractivity contribution >= 4 is 51.1 Å². The Bertz CT molecular complexity index is 2480. The van der Waals surface area contributed by atoms with Crippen molar-refractivity contribution in [1.82, 2.24) is 29.1 Å². The van der Waals surface area contributed by atoms with Gasteiger partial charge in [-0.25, -0.2) is 19.9 Å². The maximum Gasteiger partial charge on any atom is 0.180 e. The van der Waals surface area contributed by atoms with Crippen LogP contribution in [0.3, 0.4) is 0 Å². The van der Waals surface area contributed by atoms with Crippen molar-refractivity contribution in [3.63, 3.8) is 0 Å². The Balaban J connectivity index is 0.000000202. The molecule has 6 aromatic rings. The zero-order valence-electron chi connectivity index (χ0n) is 38.3. The number of alkyl halides is 1. The molecule has 0 fully saturated rings. The number of nitrogens with zero attached hydrogens (tertiary/aromatic N) is 7. The van der Waals surface area contributed by atoms with Gasteiger partial charge in [0.2, 0.25) is 0 Å². The van der Waals surface area contributed by atoms with E-state index in [2.05, 4.69) is 118 Å². The highest BCUT2D eigenvalue weighted by atomic mass is 35.5. The van der Waals surface area contributed by atoms with Gasteiger partial charge in [0.25, 0.3) is 0 Å². The van der Waals surface area contributed by atoms with Gasteiger partial charge in [0.05, 0.1) is 33.6 Å². The Labute approximate surface area is 363 Å². The van der Waals surface area contributed by atoms with Crippen molar-refractivity contribution in [1.29, 1.82) is 0 Å². The number of nitrogens with one attached hydrogen (secondary N) is 1. The SMILES string of the molecule is CCCC(CCC)N1CCc2c(C)n(-c3ccc(C)cc3C)c3nc(C)nc1c23.CCCC(CCC)Nc1nc(C)nc2c1c(C(=O)CCl)c(C)n2-c1ccc(C)cc1C. The number of hydrogen-bond donors (Lipinski definition) is 1. The van der Waals surface area contributed by atoms with Crippen molar-refractivity contribution in [2.24, 2.45) is 0 Å². The van der Waals surface area contributed by atoms with E-state index in [4.69, 9.17) is 31.5 Å². The van der Waals surface area contributed by atoms with Crippen LogP contribution in [0.5, 0.6) is 0 Å². The summed E-state index contributed by atoms with van der Waals surface area (Å²) in [7, 11) is 0. The molecular formula is C50H67ClN8O. The van der Waals surface area contributed by atoms with Gasteiger partial charge in [0, 0.05) is 30.0 Å². The lowest BCUT2D eigenvalue weighted by Gasteiger charge is -2.36. The van der Waals surface area contributed by atoms with Crippen molar-refractivity contribution in [2.75, 3.05) is 22.6 Å². The van der Waals surface area contributed by atoms with E-state index in [1.165, 1.54) is 64.7 Å². The Morgan fingerprint density at radius 1 is 0.683 bits per heavy atom. The second-order valence-electron chi connectivity index (χ2n) is 17.0. The topological polar surface area (TPSA) is 93.8 Å². The molecule has 4 aromatic heterocycles. The predicted octanol–water partition coefficient (Wildman–Crippen LogP) is 12.4. The first-order valence-electron chi connectivity index (χ1n) is 22.3. The quantitative estimate of drug-likeness (QED) is 0.0813. The molecule has 2 aromatic carbocycles. The zero-order valence-corrected chi connectivity index (χ0v) is 39.1. The molecule has 320 valence electrons. The van der Waals surface area contributed by atoms with Crippen molar-refractivity contribution in [3.8, 4) is 11.4 Å². The number of Topliss-reactive ketones (excluding diaryl/α,β-unsaturated/α-hetero) is 1. The lowest BCUT2D eigenvalue weighted by atomic mass is 9.99. The normalized spacial score (nSPS) is 12.6. The molecule has 0 aliphatic carbocycles. The molecule has 1 N–H and O–H groups in total. The van der Waals surface area contributed by atoms with Crippen LogP contribution in [0.4, 0.5) is 11.6 Å². The molecule has 0 saturated carbocycles. The third-order valence-corrected chi connectivity index (χ3v) is 12.4. The van der Waals surface area contributed by atoms with Crippen molar-refractivity contribution < 1.29 is 4.79 Å². The first-order valence-corrected chi connectivity index (χ1v) is 22.9. The molecule has 10 heteroatoms. The molecule has 9 nitrogen and oxygen atoms in total. The fraction of sp³-hybridized carbons (Fsp3) is 0.500. The average Bonchev–Trinajstić information content (AvgIpc) is 3.64. The van der Waals surface area contributed by atoms with Gasteiger partial charge in [-0.15, -0.1) is 11.6 Å². The molecule has 5 heterocycles. The molecule has 0 bridgehead atoms. The molecule has 1 aliphatic heterocycles. The number of ketones is 1. The Morgan fingerprint density at radius 3 is 1.72 bits per heavy atom. The fourth-order valence-electron chi connectivity index (χ4n) is 9.57. The largest absolute Gasteiger partial charge is 0.367 e. The highest BCUT2D eigenvalue weighted by Gasteiger charge is 2.31. The monoisotopic (exact) mass is 831 g/mol. The number of aryl methyl sites for hydroxylation is 6. The Morgan fingerprint density at radius 2 is 1.20 bits per heavy atom. The van der Waals surface area contributed by atoms with Crippen LogP contribution in [0.2, 0.25) is 0 Å². The van der Waals surface area contributed by atoms with Gasteiger partial charge >= 0.3 is 0 Å². The molecular weight excluding hydrogens is 764 g/mol. The summed E-state index contributed by atoms with van der Waals surface area (Å²) in [6.07, 6.45) is 10.2. The Hall–Kier alpha value is -4.76. The summed E-state index contributed by atoms with van der Waals surface area (Å²) in [4.78, 5) is 35.0. The number of carbonyl (C=O) groups excluding carboxylic acids is 1. The molecule has 0 radical (unpaired) electrons. The fourth-order valence-corrected chi connectivity index (χ4v) is 9.71. The molecule has 1 aliphatic rings. The lowest BCUT2D eigenvalue weighted by Crippen LogP contribution is -2.39. The molecule has 0 amide bonds. The molecule has 0 unspecified atom stereocenters. The van der Waals surface area contributed by atoms with E-state index in [1.807, 2.05) is 20.8 Å². The molecule has 0 saturated heterocycles. The van der Waals surface area contributed by atoms with Gasteiger partial charge in [-0.3, -0.25) is 13.9 Å². The van der Waals surface area contributed by atoms with Crippen LogP contribution in [0.15, 0.2) is 36.4 Å². The number of hydrogen-bond acceptors (Lipinski definition) is 7. The van der Waals surface area contributed by atoms with Crippen LogP contribution in [0.1, 0.15) is 140 Å². The van der Waals surface area contributed by atoms with Crippen molar-refractivity contribution in [2.45, 2.75) is 153 Å². The number of anilines is 2. The van der Waals surface area contributed by atoms with Crippen LogP contribution >= 0.6 is 11.6 Å². The first kappa shape index (κ1) is 44.8. The number of halogens is 1. The molecule has 60 heavy (non-hydrogen) atoms. The summed E-state index contributed by atoms with van der Waals surface area (Å²) < 4.78 is 4.45. The number of carbonyl (C=O) groups is 1. The van der Waals surface area contributed by atoms with Crippen LogP contribution in [-0.2, 0) is 6.42 Å². The number of aromatic nitrogens is 6. The summed E-state index contributed by atoms with van der Waals surface area (Å²) in [6.45, 7) is 26.7. The Kier molecular flexibility index (Phi) is 14.4. The average molecular weight is 832 g/mol. The first-order chi connectivity index (χ1) is 28.8. The highest BCUT2D eigenvalue weighted by Crippen LogP contribution is 2.40. The van der Waals surface area contributed by atoms with Gasteiger partial charge in [0.15, 0.2) is 17.1 Å². The highest BCUT2D eigenvalue weighted by molar-refractivity contribution is 6.32. The van der Waals surface area contributed by atoms with Gasteiger partial charge < -0.3 is 10.2 Å². The standard InChI is InChI=1S/C25H33ClN4O.C25H34N4/c1-7-9-19(10-8-2)29-24-23-22(21(31)14-26)17(5)30(25(23)28-18(6)27-24)20-12-11-15(3)13-16(20)4;1-7-9-20(10-8-2)28-14-13-21-18(5)29(22-12-11-16(3)15-17(22)4)25-23(21)24(28)26-19(6)27-25/h11-13,19H,7-10,14H2,1-6H3,(H,27,28,29);11-12,15,20H,7-10,13-14H2,1-6H3. The van der Waals surface area contributed by atoms with E-state index in [-0.39, 0.29) is 11.7 Å². The molecule has 0 spiro atoms. The van der Waals surface area contributed by atoms with Crippen LogP contribution < -0.4 is 10.2 Å².